The first-order chi connectivity index (χ1) is 11.6. The summed E-state index contributed by atoms with van der Waals surface area (Å²) >= 11 is 1.86. The van der Waals surface area contributed by atoms with Gasteiger partial charge in [-0.3, -0.25) is 0 Å². The van der Waals surface area contributed by atoms with Crippen molar-refractivity contribution in [2.75, 3.05) is 6.54 Å². The van der Waals surface area contributed by atoms with E-state index in [9.17, 15) is 5.11 Å². The van der Waals surface area contributed by atoms with Crippen LogP contribution >= 0.6 is 24.2 Å². The number of benzene rings is 1. The minimum atomic E-state index is -0.423. The highest BCUT2D eigenvalue weighted by Crippen LogP contribution is 2.26. The maximum absolute atomic E-state index is 10.7. The van der Waals surface area contributed by atoms with Crippen molar-refractivity contribution in [3.05, 3.63) is 29.8 Å². The van der Waals surface area contributed by atoms with Gasteiger partial charge in [-0.05, 0) is 37.1 Å². The summed E-state index contributed by atoms with van der Waals surface area (Å²) in [4.78, 5) is 1.27. The smallest absolute Gasteiger partial charge is 0.0942 e. The van der Waals surface area contributed by atoms with Crippen LogP contribution in [0.2, 0.25) is 0 Å². The molecule has 2 atom stereocenters. The van der Waals surface area contributed by atoms with E-state index in [1.165, 1.54) is 43.4 Å². The van der Waals surface area contributed by atoms with Gasteiger partial charge in [-0.2, -0.15) is 0 Å². The van der Waals surface area contributed by atoms with Gasteiger partial charge >= 0.3 is 0 Å². The maximum Gasteiger partial charge on any atom is 0.0942 e. The highest BCUT2D eigenvalue weighted by molar-refractivity contribution is 7.99. The lowest BCUT2D eigenvalue weighted by Crippen LogP contribution is -2.35. The van der Waals surface area contributed by atoms with Crippen molar-refractivity contribution in [1.29, 1.82) is 0 Å². The van der Waals surface area contributed by atoms with Crippen LogP contribution in [0.25, 0.3) is 0 Å². The van der Waals surface area contributed by atoms with Crippen molar-refractivity contribution < 1.29 is 5.11 Å². The Bertz CT molecular complexity index is 424. The molecule has 146 valence electrons. The summed E-state index contributed by atoms with van der Waals surface area (Å²) in [5, 5.41) is 14.8. The topological polar surface area (TPSA) is 32.3 Å². The molecule has 0 saturated carbocycles. The fraction of sp³-hybridized carbons (Fsp3) is 0.714. The van der Waals surface area contributed by atoms with E-state index in [0.717, 1.165) is 18.5 Å². The van der Waals surface area contributed by atoms with Crippen molar-refractivity contribution >= 4 is 24.2 Å². The SMILES string of the molecule is CCCCCCCCNC(CC)C(O)c1ccc(SC(C)C)cc1.Cl. The molecule has 1 aromatic rings. The molecule has 0 aliphatic rings. The van der Waals surface area contributed by atoms with Crippen molar-refractivity contribution in [3.8, 4) is 0 Å². The molecule has 0 radical (unpaired) electrons. The van der Waals surface area contributed by atoms with E-state index < -0.39 is 6.10 Å². The van der Waals surface area contributed by atoms with Gasteiger partial charge < -0.3 is 10.4 Å². The first-order valence-corrected chi connectivity index (χ1v) is 10.6. The highest BCUT2D eigenvalue weighted by atomic mass is 35.5. The molecule has 0 amide bonds. The van der Waals surface area contributed by atoms with E-state index in [0.29, 0.717) is 5.25 Å². The third-order valence-corrected chi connectivity index (χ3v) is 5.37. The van der Waals surface area contributed by atoms with E-state index in [1.54, 1.807) is 0 Å². The maximum atomic E-state index is 10.7. The Balaban J connectivity index is 0.00000576. The second-order valence-electron chi connectivity index (χ2n) is 6.92. The summed E-state index contributed by atoms with van der Waals surface area (Å²) in [6, 6.07) is 8.55. The van der Waals surface area contributed by atoms with Crippen LogP contribution in [-0.4, -0.2) is 22.9 Å². The first kappa shape index (κ1) is 24.8. The Hall–Kier alpha value is -0.220. The van der Waals surface area contributed by atoms with Crippen LogP contribution in [0.15, 0.2) is 29.2 Å². The van der Waals surface area contributed by atoms with Gasteiger partial charge in [-0.15, -0.1) is 24.2 Å². The Morgan fingerprint density at radius 1 is 0.960 bits per heavy atom. The second-order valence-corrected chi connectivity index (χ2v) is 8.57. The predicted molar refractivity (Wildman–Crippen MR) is 115 cm³/mol. The molecule has 0 aliphatic heterocycles. The zero-order chi connectivity index (χ0) is 17.8. The molecule has 4 heteroatoms. The Morgan fingerprint density at radius 3 is 2.12 bits per heavy atom. The van der Waals surface area contributed by atoms with Crippen LogP contribution < -0.4 is 5.32 Å². The van der Waals surface area contributed by atoms with Gasteiger partial charge in [-0.1, -0.05) is 71.9 Å². The molecule has 0 aliphatic carbocycles. The average Bonchev–Trinajstić information content (AvgIpc) is 2.57. The third-order valence-electron chi connectivity index (χ3n) is 4.35. The van der Waals surface area contributed by atoms with E-state index >= 15 is 0 Å². The summed E-state index contributed by atoms with van der Waals surface area (Å²) in [7, 11) is 0. The predicted octanol–water partition coefficient (Wildman–Crippen LogP) is 6.37. The fourth-order valence-electron chi connectivity index (χ4n) is 2.92. The standard InChI is InChI=1S/C21H37NOS.ClH/c1-5-7-8-9-10-11-16-22-20(6-2)21(23)18-12-14-19(15-13-18)24-17(3)4;/h12-15,17,20-23H,5-11,16H2,1-4H3;1H. The van der Waals surface area contributed by atoms with Gasteiger partial charge in [0.05, 0.1) is 6.10 Å². The summed E-state index contributed by atoms with van der Waals surface area (Å²) in [6.07, 6.45) is 8.37. The average molecular weight is 388 g/mol. The minimum absolute atomic E-state index is 0. The van der Waals surface area contributed by atoms with Crippen molar-refractivity contribution in [2.24, 2.45) is 0 Å². The lowest BCUT2D eigenvalue weighted by Gasteiger charge is -2.23. The van der Waals surface area contributed by atoms with Gasteiger partial charge in [0.2, 0.25) is 0 Å². The molecule has 2 N–H and O–H groups in total. The molecule has 0 aromatic heterocycles. The number of halogens is 1. The number of unbranched alkanes of at least 4 members (excludes halogenated alkanes) is 5. The molecule has 0 bridgehead atoms. The zero-order valence-electron chi connectivity index (χ0n) is 16.5. The van der Waals surface area contributed by atoms with E-state index in [-0.39, 0.29) is 18.4 Å². The molecule has 2 nitrogen and oxygen atoms in total. The molecule has 0 saturated heterocycles. The molecule has 25 heavy (non-hydrogen) atoms. The number of thioether (sulfide) groups is 1. The number of hydrogen-bond donors (Lipinski definition) is 2. The second kappa shape index (κ2) is 14.9. The molecule has 1 rings (SSSR count). The van der Waals surface area contributed by atoms with Crippen molar-refractivity contribution in [1.82, 2.24) is 5.32 Å². The number of rotatable bonds is 13. The van der Waals surface area contributed by atoms with Crippen LogP contribution in [0.1, 0.15) is 84.3 Å². The quantitative estimate of drug-likeness (QED) is 0.304. The Morgan fingerprint density at radius 2 is 1.56 bits per heavy atom. The highest BCUT2D eigenvalue weighted by Gasteiger charge is 2.18. The third kappa shape index (κ3) is 10.5. The van der Waals surface area contributed by atoms with E-state index in [2.05, 4.69) is 57.3 Å². The van der Waals surface area contributed by atoms with Crippen LogP contribution in [-0.2, 0) is 0 Å². The van der Waals surface area contributed by atoms with Crippen LogP contribution in [0.4, 0.5) is 0 Å². The van der Waals surface area contributed by atoms with Crippen molar-refractivity contribution in [3.63, 3.8) is 0 Å². The van der Waals surface area contributed by atoms with Crippen molar-refractivity contribution in [2.45, 2.75) is 94.9 Å². The first-order valence-electron chi connectivity index (χ1n) is 9.76. The monoisotopic (exact) mass is 387 g/mol. The fourth-order valence-corrected chi connectivity index (χ4v) is 3.76. The van der Waals surface area contributed by atoms with E-state index in [4.69, 9.17) is 0 Å². The lowest BCUT2D eigenvalue weighted by atomic mass is 10.00. The molecule has 1 aromatic carbocycles. The van der Waals surface area contributed by atoms with Gasteiger partial charge in [0.15, 0.2) is 0 Å². The Labute approximate surface area is 166 Å². The van der Waals surface area contributed by atoms with Gasteiger partial charge in [0.1, 0.15) is 0 Å². The van der Waals surface area contributed by atoms with Gasteiger partial charge in [0, 0.05) is 16.2 Å². The lowest BCUT2D eigenvalue weighted by molar-refractivity contribution is 0.126. The molecule has 2 unspecified atom stereocenters. The summed E-state index contributed by atoms with van der Waals surface area (Å²) in [5.41, 5.74) is 1.02. The molecule has 0 heterocycles. The van der Waals surface area contributed by atoms with Gasteiger partial charge in [0.25, 0.3) is 0 Å². The largest absolute Gasteiger partial charge is 0.387 e. The number of aliphatic hydroxyl groups excluding tert-OH is 1. The summed E-state index contributed by atoms with van der Waals surface area (Å²) in [5.74, 6) is 0. The number of hydrogen-bond acceptors (Lipinski definition) is 3. The number of aliphatic hydroxyl groups is 1. The molecule has 0 spiro atoms. The zero-order valence-corrected chi connectivity index (χ0v) is 18.1. The minimum Gasteiger partial charge on any atom is -0.387 e. The Kier molecular flexibility index (Phi) is 14.8. The summed E-state index contributed by atoms with van der Waals surface area (Å²) in [6.45, 7) is 9.80. The van der Waals surface area contributed by atoms with Gasteiger partial charge in [-0.25, -0.2) is 0 Å². The summed E-state index contributed by atoms with van der Waals surface area (Å²) < 4.78 is 0. The van der Waals surface area contributed by atoms with Crippen LogP contribution in [0.3, 0.4) is 0 Å². The van der Waals surface area contributed by atoms with Crippen LogP contribution in [0.5, 0.6) is 0 Å². The number of nitrogens with one attached hydrogen (secondary N) is 1. The molecular formula is C21H38ClNOS. The van der Waals surface area contributed by atoms with E-state index in [1.807, 2.05) is 11.8 Å². The molecular weight excluding hydrogens is 350 g/mol. The molecule has 0 fully saturated rings. The normalized spacial score (nSPS) is 13.5. The van der Waals surface area contributed by atoms with Crippen LogP contribution in [0, 0.1) is 0 Å².